The highest BCUT2D eigenvalue weighted by Gasteiger charge is 2.16. The standard InChI is InChI=1S/C17H17N5O3/c1-10(2)15-17(21-8-4-5-11(3)16(21)18-15)20-19-13-9-12(22(24)25)6-7-14(13)23/h4-10,23H,1-3H3. The third kappa shape index (κ3) is 3.06. The Morgan fingerprint density at radius 1 is 1.28 bits per heavy atom. The third-order valence-electron chi connectivity index (χ3n) is 3.82. The van der Waals surface area contributed by atoms with E-state index in [1.54, 1.807) is 0 Å². The third-order valence-corrected chi connectivity index (χ3v) is 3.82. The van der Waals surface area contributed by atoms with E-state index in [2.05, 4.69) is 15.2 Å². The van der Waals surface area contributed by atoms with Gasteiger partial charge in [0.05, 0.1) is 10.6 Å². The highest BCUT2D eigenvalue weighted by molar-refractivity contribution is 5.59. The number of nitrogens with zero attached hydrogens (tertiary/aromatic N) is 5. The number of fused-ring (bicyclic) bond motifs is 1. The van der Waals surface area contributed by atoms with E-state index in [0.717, 1.165) is 16.9 Å². The summed E-state index contributed by atoms with van der Waals surface area (Å²) in [7, 11) is 0. The van der Waals surface area contributed by atoms with E-state index in [4.69, 9.17) is 0 Å². The molecule has 25 heavy (non-hydrogen) atoms. The van der Waals surface area contributed by atoms with E-state index in [1.807, 2.05) is 43.5 Å². The van der Waals surface area contributed by atoms with Crippen LogP contribution in [0, 0.1) is 17.0 Å². The summed E-state index contributed by atoms with van der Waals surface area (Å²) in [6, 6.07) is 7.47. The zero-order valence-corrected chi connectivity index (χ0v) is 14.0. The van der Waals surface area contributed by atoms with Crippen molar-refractivity contribution in [1.82, 2.24) is 9.38 Å². The Morgan fingerprint density at radius 2 is 2.04 bits per heavy atom. The molecule has 0 fully saturated rings. The van der Waals surface area contributed by atoms with Crippen LogP contribution in [0.15, 0.2) is 46.8 Å². The lowest BCUT2D eigenvalue weighted by Gasteiger charge is -2.02. The van der Waals surface area contributed by atoms with Gasteiger partial charge in [-0.05, 0) is 30.5 Å². The molecule has 3 rings (SSSR count). The first-order valence-corrected chi connectivity index (χ1v) is 7.75. The van der Waals surface area contributed by atoms with Gasteiger partial charge in [0.1, 0.15) is 17.1 Å². The van der Waals surface area contributed by atoms with E-state index >= 15 is 0 Å². The number of phenols is 1. The Balaban J connectivity index is 2.13. The van der Waals surface area contributed by atoms with Crippen LogP contribution in [-0.2, 0) is 0 Å². The van der Waals surface area contributed by atoms with Gasteiger partial charge in [0.15, 0.2) is 5.82 Å². The van der Waals surface area contributed by atoms with Crippen LogP contribution in [0.5, 0.6) is 5.75 Å². The number of imidazole rings is 1. The molecule has 0 saturated heterocycles. The number of pyridine rings is 1. The van der Waals surface area contributed by atoms with E-state index in [-0.39, 0.29) is 23.0 Å². The monoisotopic (exact) mass is 339 g/mol. The molecule has 0 radical (unpaired) electrons. The van der Waals surface area contributed by atoms with Crippen molar-refractivity contribution in [3.8, 4) is 5.75 Å². The molecule has 0 aliphatic rings. The highest BCUT2D eigenvalue weighted by atomic mass is 16.6. The molecule has 1 N–H and O–H groups in total. The first-order valence-electron chi connectivity index (χ1n) is 7.75. The summed E-state index contributed by atoms with van der Waals surface area (Å²) >= 11 is 0. The van der Waals surface area contributed by atoms with E-state index in [1.165, 1.54) is 18.2 Å². The topological polar surface area (TPSA) is 105 Å². The number of aromatic nitrogens is 2. The number of azo groups is 1. The highest BCUT2D eigenvalue weighted by Crippen LogP contribution is 2.34. The Bertz CT molecular complexity index is 991. The predicted octanol–water partition coefficient (Wildman–Crippen LogP) is 4.80. The molecule has 3 aromatic rings. The number of non-ortho nitro benzene ring substituents is 1. The molecule has 0 amide bonds. The predicted molar refractivity (Wildman–Crippen MR) is 93.0 cm³/mol. The SMILES string of the molecule is Cc1cccn2c(N=Nc3cc([N+](=O)[O-])ccc3O)c(C(C)C)nc12. The van der Waals surface area contributed by atoms with Crippen molar-refractivity contribution in [2.75, 3.05) is 0 Å². The van der Waals surface area contributed by atoms with Gasteiger partial charge in [0.2, 0.25) is 0 Å². The fraction of sp³-hybridized carbons (Fsp3) is 0.235. The van der Waals surface area contributed by atoms with Gasteiger partial charge in [-0.25, -0.2) is 4.98 Å². The zero-order chi connectivity index (χ0) is 18.1. The van der Waals surface area contributed by atoms with Crippen molar-refractivity contribution >= 4 is 22.8 Å². The number of rotatable bonds is 4. The molecular weight excluding hydrogens is 322 g/mol. The molecule has 0 spiro atoms. The number of aryl methyl sites for hydroxylation is 1. The summed E-state index contributed by atoms with van der Waals surface area (Å²) in [6.45, 7) is 5.96. The molecule has 0 unspecified atom stereocenters. The lowest BCUT2D eigenvalue weighted by atomic mass is 10.1. The van der Waals surface area contributed by atoms with Crippen molar-refractivity contribution in [3.63, 3.8) is 0 Å². The second-order valence-electron chi connectivity index (χ2n) is 5.99. The molecule has 0 bridgehead atoms. The first kappa shape index (κ1) is 16.6. The quantitative estimate of drug-likeness (QED) is 0.419. The molecule has 0 aliphatic heterocycles. The Morgan fingerprint density at radius 3 is 2.72 bits per heavy atom. The second-order valence-corrected chi connectivity index (χ2v) is 5.99. The lowest BCUT2D eigenvalue weighted by molar-refractivity contribution is -0.384. The molecule has 128 valence electrons. The van der Waals surface area contributed by atoms with Gasteiger partial charge in [-0.2, -0.15) is 0 Å². The summed E-state index contributed by atoms with van der Waals surface area (Å²) in [6.07, 6.45) is 1.84. The Hall–Kier alpha value is -3.29. The van der Waals surface area contributed by atoms with E-state index < -0.39 is 4.92 Å². The molecule has 0 saturated carbocycles. The lowest BCUT2D eigenvalue weighted by Crippen LogP contribution is -1.88. The summed E-state index contributed by atoms with van der Waals surface area (Å²) in [4.78, 5) is 15.0. The maximum atomic E-state index is 10.9. The molecule has 0 aliphatic carbocycles. The van der Waals surface area contributed by atoms with Gasteiger partial charge < -0.3 is 5.11 Å². The molecular formula is C17H17N5O3. The molecule has 1 aromatic carbocycles. The van der Waals surface area contributed by atoms with Crippen LogP contribution in [0.4, 0.5) is 17.2 Å². The summed E-state index contributed by atoms with van der Waals surface area (Å²) < 4.78 is 1.82. The Labute approximate surface area is 143 Å². The minimum atomic E-state index is -0.546. The van der Waals surface area contributed by atoms with Crippen LogP contribution in [0.2, 0.25) is 0 Å². The maximum absolute atomic E-state index is 10.9. The van der Waals surface area contributed by atoms with Crippen molar-refractivity contribution in [2.45, 2.75) is 26.7 Å². The molecule has 8 nitrogen and oxygen atoms in total. The van der Waals surface area contributed by atoms with Gasteiger partial charge in [-0.3, -0.25) is 14.5 Å². The van der Waals surface area contributed by atoms with E-state index in [9.17, 15) is 15.2 Å². The van der Waals surface area contributed by atoms with Crippen LogP contribution in [0.1, 0.15) is 31.0 Å². The molecule has 0 atom stereocenters. The van der Waals surface area contributed by atoms with Crippen LogP contribution in [-0.4, -0.2) is 19.4 Å². The van der Waals surface area contributed by atoms with Crippen molar-refractivity contribution in [3.05, 3.63) is 57.9 Å². The first-order chi connectivity index (χ1) is 11.9. The van der Waals surface area contributed by atoms with Gasteiger partial charge in [0, 0.05) is 18.3 Å². The number of aromatic hydroxyl groups is 1. The number of hydrogen-bond acceptors (Lipinski definition) is 6. The Kier molecular flexibility index (Phi) is 4.18. The summed E-state index contributed by atoms with van der Waals surface area (Å²) in [5, 5.41) is 29.0. The smallest absolute Gasteiger partial charge is 0.271 e. The van der Waals surface area contributed by atoms with Gasteiger partial charge >= 0.3 is 0 Å². The van der Waals surface area contributed by atoms with Crippen LogP contribution in [0.25, 0.3) is 5.65 Å². The average molecular weight is 339 g/mol. The average Bonchev–Trinajstić information content (AvgIpc) is 2.94. The van der Waals surface area contributed by atoms with Crippen LogP contribution in [0.3, 0.4) is 0 Å². The molecule has 2 aromatic heterocycles. The molecule has 2 heterocycles. The minimum Gasteiger partial charge on any atom is -0.506 e. The number of phenolic OH excluding ortho intramolecular Hbond substituents is 1. The zero-order valence-electron chi connectivity index (χ0n) is 14.0. The number of nitro benzene ring substituents is 1. The van der Waals surface area contributed by atoms with Crippen molar-refractivity contribution in [2.24, 2.45) is 10.2 Å². The summed E-state index contributed by atoms with van der Waals surface area (Å²) in [5.41, 5.74) is 2.42. The fourth-order valence-electron chi connectivity index (χ4n) is 2.50. The maximum Gasteiger partial charge on any atom is 0.271 e. The summed E-state index contributed by atoms with van der Waals surface area (Å²) in [5.74, 6) is 0.483. The minimum absolute atomic E-state index is 0.0338. The second kappa shape index (κ2) is 6.31. The van der Waals surface area contributed by atoms with Crippen LogP contribution < -0.4 is 0 Å². The van der Waals surface area contributed by atoms with Gasteiger partial charge in [0.25, 0.3) is 5.69 Å². The fourth-order valence-corrected chi connectivity index (χ4v) is 2.50. The largest absolute Gasteiger partial charge is 0.506 e. The van der Waals surface area contributed by atoms with Crippen molar-refractivity contribution < 1.29 is 10.0 Å². The normalized spacial score (nSPS) is 11.7. The van der Waals surface area contributed by atoms with Crippen LogP contribution >= 0.6 is 0 Å². The number of nitro groups is 1. The number of hydrogen-bond donors (Lipinski definition) is 1. The van der Waals surface area contributed by atoms with E-state index in [0.29, 0.717) is 5.82 Å². The van der Waals surface area contributed by atoms with Gasteiger partial charge in [-0.1, -0.05) is 19.9 Å². The van der Waals surface area contributed by atoms with Crippen molar-refractivity contribution in [1.29, 1.82) is 0 Å². The number of benzene rings is 1. The van der Waals surface area contributed by atoms with Gasteiger partial charge in [-0.15, -0.1) is 10.2 Å². The molecule has 8 heteroatoms.